The summed E-state index contributed by atoms with van der Waals surface area (Å²) in [4.78, 5) is 9.82. The van der Waals surface area contributed by atoms with Gasteiger partial charge in [-0.25, -0.2) is 0 Å². The van der Waals surface area contributed by atoms with Crippen molar-refractivity contribution in [2.75, 3.05) is 0 Å². The highest BCUT2D eigenvalue weighted by atomic mass is 79.9. The standard InChI is InChI=1S/C8H6BrClO2.C7H8O/c9-7(8(11)12)5-3-1-2-4-6(5)10;1-6-3-2-4-7(8)5-6/h1-4,7H,(H,11,12);2-5,8H,1H3. The smallest absolute Gasteiger partial charge is 0.321 e. The van der Waals surface area contributed by atoms with Gasteiger partial charge in [-0.05, 0) is 36.2 Å². The zero-order chi connectivity index (χ0) is 15.1. The summed E-state index contributed by atoms with van der Waals surface area (Å²) in [5.41, 5.74) is 1.66. The van der Waals surface area contributed by atoms with Crippen LogP contribution in [0.25, 0.3) is 0 Å². The lowest BCUT2D eigenvalue weighted by Crippen LogP contribution is -2.04. The van der Waals surface area contributed by atoms with Crippen LogP contribution in [-0.2, 0) is 4.79 Å². The van der Waals surface area contributed by atoms with E-state index in [4.69, 9.17) is 21.8 Å². The average Bonchev–Trinajstić information content (AvgIpc) is 2.39. The molecular weight excluding hydrogens is 344 g/mol. The Kier molecular flexibility index (Phi) is 6.55. The lowest BCUT2D eigenvalue weighted by Gasteiger charge is -2.05. The number of halogens is 2. The molecule has 0 saturated heterocycles. The molecule has 20 heavy (non-hydrogen) atoms. The first-order valence-electron chi connectivity index (χ1n) is 5.78. The molecule has 0 aliphatic rings. The molecular formula is C15H14BrClO3. The Hall–Kier alpha value is -1.52. The fraction of sp³-hybridized carbons (Fsp3) is 0.133. The molecule has 1 unspecified atom stereocenters. The number of carboxylic acid groups (broad SMARTS) is 1. The van der Waals surface area contributed by atoms with E-state index in [1.165, 1.54) is 0 Å². The molecule has 0 aliphatic heterocycles. The van der Waals surface area contributed by atoms with Gasteiger partial charge in [0.05, 0.1) is 0 Å². The number of phenolic OH excluding ortho intramolecular Hbond substituents is 1. The van der Waals surface area contributed by atoms with Crippen molar-refractivity contribution in [1.82, 2.24) is 0 Å². The van der Waals surface area contributed by atoms with Crippen molar-refractivity contribution in [3.63, 3.8) is 0 Å². The first-order valence-corrected chi connectivity index (χ1v) is 7.08. The summed E-state index contributed by atoms with van der Waals surface area (Å²) in [6.07, 6.45) is 0. The second-order valence-electron chi connectivity index (χ2n) is 4.06. The van der Waals surface area contributed by atoms with Crippen LogP contribution in [0, 0.1) is 6.92 Å². The molecule has 0 fully saturated rings. The fourth-order valence-electron chi connectivity index (χ4n) is 1.44. The summed E-state index contributed by atoms with van der Waals surface area (Å²) in [5.74, 6) is -0.604. The summed E-state index contributed by atoms with van der Waals surface area (Å²) in [6.45, 7) is 1.94. The normalized spacial score (nSPS) is 11.2. The maximum Gasteiger partial charge on any atom is 0.321 e. The van der Waals surface area contributed by atoms with Crippen molar-refractivity contribution < 1.29 is 15.0 Å². The van der Waals surface area contributed by atoms with Gasteiger partial charge in [-0.15, -0.1) is 0 Å². The van der Waals surface area contributed by atoms with E-state index in [0.29, 0.717) is 16.3 Å². The second kappa shape index (κ2) is 7.92. The van der Waals surface area contributed by atoms with E-state index in [9.17, 15) is 4.79 Å². The third-order valence-electron chi connectivity index (χ3n) is 2.40. The van der Waals surface area contributed by atoms with Crippen LogP contribution >= 0.6 is 27.5 Å². The van der Waals surface area contributed by atoms with Crippen molar-refractivity contribution in [3.05, 3.63) is 64.7 Å². The minimum absolute atomic E-state index is 0.338. The number of aromatic hydroxyl groups is 1. The molecule has 3 nitrogen and oxygen atoms in total. The summed E-state index contributed by atoms with van der Waals surface area (Å²) in [6, 6.07) is 14.0. The molecule has 2 aromatic rings. The van der Waals surface area contributed by atoms with E-state index in [1.807, 2.05) is 19.1 Å². The van der Waals surface area contributed by atoms with Crippen LogP contribution in [0.2, 0.25) is 5.02 Å². The molecule has 5 heteroatoms. The van der Waals surface area contributed by atoms with Gasteiger partial charge in [0.2, 0.25) is 0 Å². The quantitative estimate of drug-likeness (QED) is 0.775. The first kappa shape index (κ1) is 16.5. The molecule has 0 aromatic heterocycles. The number of rotatable bonds is 2. The zero-order valence-corrected chi connectivity index (χ0v) is 13.1. The average molecular weight is 358 g/mol. The molecule has 0 heterocycles. The van der Waals surface area contributed by atoms with Crippen LogP contribution in [0.15, 0.2) is 48.5 Å². The maximum absolute atomic E-state index is 10.5. The highest BCUT2D eigenvalue weighted by Crippen LogP contribution is 2.28. The molecule has 0 saturated carbocycles. The Morgan fingerprint density at radius 3 is 2.30 bits per heavy atom. The molecule has 1 atom stereocenters. The number of benzene rings is 2. The predicted octanol–water partition coefficient (Wildman–Crippen LogP) is 4.56. The molecule has 0 radical (unpaired) electrons. The number of hydrogen-bond acceptors (Lipinski definition) is 2. The first-order chi connectivity index (χ1) is 9.41. The minimum Gasteiger partial charge on any atom is -0.508 e. The number of carboxylic acids is 1. The third-order valence-corrected chi connectivity index (χ3v) is 3.63. The summed E-state index contributed by atoms with van der Waals surface area (Å²) >= 11 is 8.79. The SMILES string of the molecule is Cc1cccc(O)c1.O=C(O)C(Br)c1ccccc1Cl. The van der Waals surface area contributed by atoms with Gasteiger partial charge in [0, 0.05) is 5.02 Å². The molecule has 2 rings (SSSR count). The molecule has 2 aromatic carbocycles. The largest absolute Gasteiger partial charge is 0.508 e. The van der Waals surface area contributed by atoms with Crippen LogP contribution in [0.1, 0.15) is 16.0 Å². The number of aryl methyl sites for hydroxylation is 1. The van der Waals surface area contributed by atoms with Gasteiger partial charge < -0.3 is 10.2 Å². The van der Waals surface area contributed by atoms with Gasteiger partial charge >= 0.3 is 5.97 Å². The Morgan fingerprint density at radius 1 is 1.20 bits per heavy atom. The van der Waals surface area contributed by atoms with Crippen LogP contribution in [0.4, 0.5) is 0 Å². The third kappa shape index (κ3) is 5.23. The van der Waals surface area contributed by atoms with Gasteiger partial charge in [-0.2, -0.15) is 0 Å². The summed E-state index contributed by atoms with van der Waals surface area (Å²) in [7, 11) is 0. The monoisotopic (exact) mass is 356 g/mol. The van der Waals surface area contributed by atoms with Crippen molar-refractivity contribution in [1.29, 1.82) is 0 Å². The van der Waals surface area contributed by atoms with Crippen molar-refractivity contribution in [3.8, 4) is 5.75 Å². The van der Waals surface area contributed by atoms with Crippen molar-refractivity contribution in [2.45, 2.75) is 11.8 Å². The van der Waals surface area contributed by atoms with Crippen LogP contribution < -0.4 is 0 Å². The number of aliphatic carboxylic acids is 1. The van der Waals surface area contributed by atoms with E-state index >= 15 is 0 Å². The van der Waals surface area contributed by atoms with E-state index in [2.05, 4.69) is 15.9 Å². The van der Waals surface area contributed by atoms with Crippen LogP contribution in [0.3, 0.4) is 0 Å². The van der Waals surface area contributed by atoms with E-state index in [1.54, 1.807) is 36.4 Å². The Balaban J connectivity index is 0.000000217. The Morgan fingerprint density at radius 2 is 1.85 bits per heavy atom. The van der Waals surface area contributed by atoms with Gasteiger partial charge in [-0.1, -0.05) is 57.9 Å². The fourth-order valence-corrected chi connectivity index (χ4v) is 2.22. The number of carbonyl (C=O) groups is 1. The lowest BCUT2D eigenvalue weighted by molar-refractivity contribution is -0.136. The molecule has 2 N–H and O–H groups in total. The lowest BCUT2D eigenvalue weighted by atomic mass is 10.1. The summed E-state index contributed by atoms with van der Waals surface area (Å²) in [5, 5.41) is 17.9. The van der Waals surface area contributed by atoms with Gasteiger partial charge in [0.1, 0.15) is 10.6 Å². The highest BCUT2D eigenvalue weighted by Gasteiger charge is 2.17. The van der Waals surface area contributed by atoms with Gasteiger partial charge in [-0.3, -0.25) is 4.79 Å². The molecule has 0 bridgehead atoms. The second-order valence-corrected chi connectivity index (χ2v) is 5.38. The highest BCUT2D eigenvalue weighted by molar-refractivity contribution is 9.09. The zero-order valence-electron chi connectivity index (χ0n) is 10.8. The predicted molar refractivity (Wildman–Crippen MR) is 83.6 cm³/mol. The number of phenols is 1. The Bertz CT molecular complexity index is 570. The van der Waals surface area contributed by atoms with Gasteiger partial charge in [0.25, 0.3) is 0 Å². The number of alkyl halides is 1. The molecule has 0 amide bonds. The van der Waals surface area contributed by atoms with Gasteiger partial charge in [0.15, 0.2) is 0 Å². The molecule has 0 spiro atoms. The molecule has 0 aliphatic carbocycles. The number of hydrogen-bond donors (Lipinski definition) is 2. The van der Waals surface area contributed by atoms with Crippen LogP contribution in [0.5, 0.6) is 5.75 Å². The van der Waals surface area contributed by atoms with E-state index in [-0.39, 0.29) is 0 Å². The maximum atomic E-state index is 10.5. The van der Waals surface area contributed by atoms with Crippen LogP contribution in [-0.4, -0.2) is 16.2 Å². The van der Waals surface area contributed by atoms with Crippen molar-refractivity contribution in [2.24, 2.45) is 0 Å². The topological polar surface area (TPSA) is 57.5 Å². The molecule has 106 valence electrons. The van der Waals surface area contributed by atoms with E-state index < -0.39 is 10.8 Å². The van der Waals surface area contributed by atoms with Crippen molar-refractivity contribution >= 4 is 33.5 Å². The van der Waals surface area contributed by atoms with E-state index in [0.717, 1.165) is 5.56 Å². The minimum atomic E-state index is -0.942. The summed E-state index contributed by atoms with van der Waals surface area (Å²) < 4.78 is 0. The Labute approximate surface area is 131 Å².